The van der Waals surface area contributed by atoms with Crippen LogP contribution in [0, 0.1) is 0 Å². The maximum absolute atomic E-state index is 13.0. The maximum atomic E-state index is 13.0. The van der Waals surface area contributed by atoms with Gasteiger partial charge in [-0.3, -0.25) is 4.79 Å². The van der Waals surface area contributed by atoms with Gasteiger partial charge in [0, 0.05) is 40.1 Å². The summed E-state index contributed by atoms with van der Waals surface area (Å²) in [5.41, 5.74) is 3.51. The summed E-state index contributed by atoms with van der Waals surface area (Å²) in [6.45, 7) is 0. The summed E-state index contributed by atoms with van der Waals surface area (Å²) in [6.07, 6.45) is 1.73. The molecular formula is C20H22N4O. The van der Waals surface area contributed by atoms with E-state index in [4.69, 9.17) is 0 Å². The fraction of sp³-hybridized carbons (Fsp3) is 0.200. The molecule has 0 fully saturated rings. The Hall–Kier alpha value is -3.08. The van der Waals surface area contributed by atoms with Gasteiger partial charge in [-0.2, -0.15) is 0 Å². The summed E-state index contributed by atoms with van der Waals surface area (Å²) in [5.74, 6) is 0.691. The molecule has 0 bridgehead atoms. The lowest BCUT2D eigenvalue weighted by atomic mass is 10.2. The molecule has 0 saturated heterocycles. The Balaban J connectivity index is 1.96. The monoisotopic (exact) mass is 334 g/mol. The number of hydrogen-bond acceptors (Lipinski definition) is 3. The standard InChI is InChI=1S/C20H22N4O/c1-22(2)19-17(11-8-14-21-19)24(4)20(25)18-13-12-16(23(18)3)15-9-6-5-7-10-15/h5-14H,1-4H3. The van der Waals surface area contributed by atoms with Gasteiger partial charge in [-0.05, 0) is 29.8 Å². The first-order valence-electron chi connectivity index (χ1n) is 8.12. The van der Waals surface area contributed by atoms with E-state index in [0.29, 0.717) is 5.69 Å². The van der Waals surface area contributed by atoms with E-state index in [2.05, 4.69) is 4.98 Å². The molecule has 2 heterocycles. The molecule has 0 atom stereocenters. The molecule has 5 heteroatoms. The van der Waals surface area contributed by atoms with Crippen LogP contribution in [0.25, 0.3) is 11.3 Å². The van der Waals surface area contributed by atoms with Crippen molar-refractivity contribution in [1.82, 2.24) is 9.55 Å². The summed E-state index contributed by atoms with van der Waals surface area (Å²) in [4.78, 5) is 21.0. The summed E-state index contributed by atoms with van der Waals surface area (Å²) >= 11 is 0. The van der Waals surface area contributed by atoms with E-state index < -0.39 is 0 Å². The number of hydrogen-bond donors (Lipinski definition) is 0. The summed E-state index contributed by atoms with van der Waals surface area (Å²) in [5, 5.41) is 0. The number of carbonyl (C=O) groups is 1. The Bertz CT molecular complexity index is 884. The smallest absolute Gasteiger partial charge is 0.274 e. The highest BCUT2D eigenvalue weighted by molar-refractivity contribution is 6.06. The molecule has 1 aromatic carbocycles. The number of rotatable bonds is 4. The van der Waals surface area contributed by atoms with Crippen LogP contribution >= 0.6 is 0 Å². The second kappa shape index (κ2) is 6.81. The van der Waals surface area contributed by atoms with Gasteiger partial charge >= 0.3 is 0 Å². The zero-order valence-corrected chi connectivity index (χ0v) is 15.0. The van der Waals surface area contributed by atoms with Crippen molar-refractivity contribution in [3.63, 3.8) is 0 Å². The van der Waals surface area contributed by atoms with E-state index in [1.165, 1.54) is 0 Å². The average Bonchev–Trinajstić information content (AvgIpc) is 3.02. The fourth-order valence-electron chi connectivity index (χ4n) is 2.90. The zero-order valence-electron chi connectivity index (χ0n) is 15.0. The summed E-state index contributed by atoms with van der Waals surface area (Å²) < 4.78 is 1.93. The zero-order chi connectivity index (χ0) is 18.0. The minimum atomic E-state index is -0.0687. The number of anilines is 2. The van der Waals surface area contributed by atoms with E-state index >= 15 is 0 Å². The van der Waals surface area contributed by atoms with E-state index in [0.717, 1.165) is 22.8 Å². The lowest BCUT2D eigenvalue weighted by Gasteiger charge is -2.23. The molecule has 3 rings (SSSR count). The van der Waals surface area contributed by atoms with Crippen LogP contribution in [0.2, 0.25) is 0 Å². The Kier molecular flexibility index (Phi) is 4.57. The third-order valence-electron chi connectivity index (χ3n) is 4.27. The first-order chi connectivity index (χ1) is 12.0. The lowest BCUT2D eigenvalue weighted by Crippen LogP contribution is -2.30. The van der Waals surface area contributed by atoms with Crippen molar-refractivity contribution < 1.29 is 4.79 Å². The second-order valence-electron chi connectivity index (χ2n) is 6.13. The van der Waals surface area contributed by atoms with Crippen molar-refractivity contribution in [2.45, 2.75) is 0 Å². The quantitative estimate of drug-likeness (QED) is 0.734. The summed E-state index contributed by atoms with van der Waals surface area (Å²) in [7, 11) is 7.53. The minimum Gasteiger partial charge on any atom is -0.361 e. The van der Waals surface area contributed by atoms with Gasteiger partial charge in [-0.15, -0.1) is 0 Å². The molecule has 0 radical (unpaired) electrons. The molecule has 2 aromatic heterocycles. The van der Waals surface area contributed by atoms with Crippen LogP contribution in [0.5, 0.6) is 0 Å². The topological polar surface area (TPSA) is 41.4 Å². The van der Waals surface area contributed by atoms with E-state index in [1.807, 2.05) is 85.2 Å². The highest BCUT2D eigenvalue weighted by Gasteiger charge is 2.21. The number of pyridine rings is 1. The van der Waals surface area contributed by atoms with Gasteiger partial charge in [0.25, 0.3) is 5.91 Å². The van der Waals surface area contributed by atoms with Gasteiger partial charge in [0.05, 0.1) is 5.69 Å². The molecular weight excluding hydrogens is 312 g/mol. The van der Waals surface area contributed by atoms with Crippen LogP contribution in [0.1, 0.15) is 10.5 Å². The van der Waals surface area contributed by atoms with Crippen LogP contribution in [0.15, 0.2) is 60.8 Å². The Morgan fingerprint density at radius 2 is 1.68 bits per heavy atom. The van der Waals surface area contributed by atoms with Crippen LogP contribution in [0.3, 0.4) is 0 Å². The van der Waals surface area contributed by atoms with Gasteiger partial charge in [0.2, 0.25) is 0 Å². The van der Waals surface area contributed by atoms with Gasteiger partial charge < -0.3 is 14.4 Å². The molecule has 0 spiro atoms. The minimum absolute atomic E-state index is 0.0687. The Labute approximate surface area is 148 Å². The maximum Gasteiger partial charge on any atom is 0.274 e. The van der Waals surface area contributed by atoms with Crippen molar-refractivity contribution in [3.05, 3.63) is 66.5 Å². The molecule has 0 aliphatic carbocycles. The Morgan fingerprint density at radius 1 is 0.960 bits per heavy atom. The number of benzene rings is 1. The normalized spacial score (nSPS) is 10.6. The largest absolute Gasteiger partial charge is 0.361 e. The molecule has 0 N–H and O–H groups in total. The van der Waals surface area contributed by atoms with Gasteiger partial charge in [-0.1, -0.05) is 30.3 Å². The van der Waals surface area contributed by atoms with Crippen molar-refractivity contribution in [2.75, 3.05) is 30.9 Å². The van der Waals surface area contributed by atoms with Gasteiger partial charge in [-0.25, -0.2) is 4.98 Å². The van der Waals surface area contributed by atoms with Crippen molar-refractivity contribution >= 4 is 17.4 Å². The van der Waals surface area contributed by atoms with Crippen molar-refractivity contribution in [2.24, 2.45) is 7.05 Å². The van der Waals surface area contributed by atoms with Crippen LogP contribution < -0.4 is 9.80 Å². The molecule has 0 saturated carbocycles. The number of amides is 1. The third-order valence-corrected chi connectivity index (χ3v) is 4.27. The number of carbonyl (C=O) groups excluding carboxylic acids is 1. The average molecular weight is 334 g/mol. The van der Waals surface area contributed by atoms with Crippen LogP contribution in [-0.2, 0) is 7.05 Å². The molecule has 128 valence electrons. The summed E-state index contributed by atoms with van der Waals surface area (Å²) in [6, 6.07) is 17.6. The SMILES string of the molecule is CN(C)c1ncccc1N(C)C(=O)c1ccc(-c2ccccc2)n1C. The molecule has 0 aliphatic rings. The number of aromatic nitrogens is 2. The van der Waals surface area contributed by atoms with E-state index in [1.54, 1.807) is 18.1 Å². The fourth-order valence-corrected chi connectivity index (χ4v) is 2.90. The molecule has 1 amide bonds. The van der Waals surface area contributed by atoms with E-state index in [-0.39, 0.29) is 5.91 Å². The Morgan fingerprint density at radius 3 is 2.36 bits per heavy atom. The molecule has 5 nitrogen and oxygen atoms in total. The molecule has 0 unspecified atom stereocenters. The van der Waals surface area contributed by atoms with Crippen molar-refractivity contribution in [3.8, 4) is 11.3 Å². The lowest BCUT2D eigenvalue weighted by molar-refractivity contribution is 0.0985. The van der Waals surface area contributed by atoms with Gasteiger partial charge in [0.1, 0.15) is 5.69 Å². The molecule has 25 heavy (non-hydrogen) atoms. The highest BCUT2D eigenvalue weighted by atomic mass is 16.2. The predicted octanol–water partition coefficient (Wildman–Crippen LogP) is 3.43. The first-order valence-corrected chi connectivity index (χ1v) is 8.12. The van der Waals surface area contributed by atoms with Crippen molar-refractivity contribution in [1.29, 1.82) is 0 Å². The molecule has 0 aliphatic heterocycles. The van der Waals surface area contributed by atoms with Crippen LogP contribution in [-0.4, -0.2) is 36.6 Å². The second-order valence-corrected chi connectivity index (χ2v) is 6.13. The van der Waals surface area contributed by atoms with Crippen LogP contribution in [0.4, 0.5) is 11.5 Å². The van der Waals surface area contributed by atoms with Gasteiger partial charge in [0.15, 0.2) is 5.82 Å². The third kappa shape index (κ3) is 3.13. The highest BCUT2D eigenvalue weighted by Crippen LogP contribution is 2.27. The van der Waals surface area contributed by atoms with E-state index in [9.17, 15) is 4.79 Å². The predicted molar refractivity (Wildman–Crippen MR) is 102 cm³/mol. The number of nitrogens with zero attached hydrogens (tertiary/aromatic N) is 4. The molecule has 3 aromatic rings. The first kappa shape index (κ1) is 16.8.